The number of H-pyrrole nitrogens is 1. The van der Waals surface area contributed by atoms with Crippen LogP contribution < -0.4 is 11.0 Å². The van der Waals surface area contributed by atoms with E-state index in [1.54, 1.807) is 0 Å². The van der Waals surface area contributed by atoms with Crippen LogP contribution in [0.2, 0.25) is 0 Å². The molecular weight excluding hydrogens is 448 g/mol. The molecule has 1 aliphatic carbocycles. The highest BCUT2D eigenvalue weighted by Crippen LogP contribution is 2.33. The van der Waals surface area contributed by atoms with Crippen LogP contribution in [0.25, 0.3) is 11.0 Å². The topological polar surface area (TPSA) is 70.1 Å². The van der Waals surface area contributed by atoms with Crippen LogP contribution in [0.1, 0.15) is 42.9 Å². The van der Waals surface area contributed by atoms with Gasteiger partial charge in [0.05, 0.1) is 11.0 Å². The molecule has 0 atom stereocenters. The zero-order valence-corrected chi connectivity index (χ0v) is 20.6. The Kier molecular flexibility index (Phi) is 7.62. The fourth-order valence-electron chi connectivity index (χ4n) is 5.41. The number of para-hydroxylation sites is 2. The molecule has 4 aromatic rings. The van der Waals surface area contributed by atoms with E-state index >= 15 is 0 Å². The zero-order valence-electron chi connectivity index (χ0n) is 20.6. The maximum absolute atomic E-state index is 13.0. The molecule has 3 aromatic carbocycles. The van der Waals surface area contributed by atoms with Crippen molar-refractivity contribution in [3.05, 3.63) is 107 Å². The Labute approximate surface area is 212 Å². The van der Waals surface area contributed by atoms with Crippen LogP contribution in [0.15, 0.2) is 89.7 Å². The summed E-state index contributed by atoms with van der Waals surface area (Å²) in [5.41, 5.74) is 4.31. The van der Waals surface area contributed by atoms with Gasteiger partial charge in [0.2, 0.25) is 5.91 Å². The molecule has 0 unspecified atom stereocenters. The number of carbonyl (C=O) groups excluding carboxylic acids is 1. The minimum Gasteiger partial charge on any atom is -0.355 e. The minimum atomic E-state index is -0.0546. The molecule has 5 rings (SSSR count). The number of benzene rings is 3. The first-order chi connectivity index (χ1) is 17.7. The van der Waals surface area contributed by atoms with Crippen molar-refractivity contribution >= 4 is 16.9 Å². The van der Waals surface area contributed by atoms with Crippen LogP contribution in [0, 0.1) is 5.92 Å². The van der Waals surface area contributed by atoms with Gasteiger partial charge in [0.15, 0.2) is 0 Å². The standard InChI is InChI=1S/C30H34N4O2/c35-29(25-15-17-26(18-16-25)34-28-14-8-7-13-27(28)32-30(34)36)31-19-20-33(21-23-9-3-1-4-10-23)22-24-11-5-2-6-12-24/h1-14,25-26H,15-22H2,(H,31,35)(H,32,36). The van der Waals surface area contributed by atoms with E-state index in [1.807, 2.05) is 41.0 Å². The molecule has 186 valence electrons. The van der Waals surface area contributed by atoms with Gasteiger partial charge in [-0.25, -0.2) is 4.79 Å². The normalized spacial score (nSPS) is 17.9. The van der Waals surface area contributed by atoms with Crippen LogP contribution in [0.5, 0.6) is 0 Å². The Morgan fingerprint density at radius 3 is 2.06 bits per heavy atom. The summed E-state index contributed by atoms with van der Waals surface area (Å²) < 4.78 is 1.88. The summed E-state index contributed by atoms with van der Waals surface area (Å²) in [5, 5.41) is 3.19. The lowest BCUT2D eigenvalue weighted by Crippen LogP contribution is -2.39. The largest absolute Gasteiger partial charge is 0.355 e. The molecule has 6 nitrogen and oxygen atoms in total. The number of hydrogen-bond donors (Lipinski definition) is 2. The van der Waals surface area contributed by atoms with Gasteiger partial charge in [-0.1, -0.05) is 72.8 Å². The number of imidazole rings is 1. The number of hydrogen-bond acceptors (Lipinski definition) is 3. The van der Waals surface area contributed by atoms with E-state index in [1.165, 1.54) is 11.1 Å². The molecular formula is C30H34N4O2. The van der Waals surface area contributed by atoms with Gasteiger partial charge in [-0.15, -0.1) is 0 Å². The molecule has 6 heteroatoms. The molecule has 1 aliphatic rings. The average Bonchev–Trinajstić information content (AvgIpc) is 3.25. The summed E-state index contributed by atoms with van der Waals surface area (Å²) in [6.45, 7) is 3.10. The number of fused-ring (bicyclic) bond motifs is 1. The molecule has 1 fully saturated rings. The Hall–Kier alpha value is -3.64. The van der Waals surface area contributed by atoms with E-state index in [0.717, 1.165) is 56.4 Å². The third-order valence-corrected chi connectivity index (χ3v) is 7.28. The minimum absolute atomic E-state index is 0.0128. The number of nitrogens with one attached hydrogen (secondary N) is 2. The molecule has 0 saturated heterocycles. The molecule has 0 aliphatic heterocycles. The molecule has 1 heterocycles. The van der Waals surface area contributed by atoms with Gasteiger partial charge in [-0.2, -0.15) is 0 Å². The highest BCUT2D eigenvalue weighted by molar-refractivity contribution is 5.78. The van der Waals surface area contributed by atoms with Gasteiger partial charge in [-0.05, 0) is 48.9 Å². The fourth-order valence-corrected chi connectivity index (χ4v) is 5.41. The lowest BCUT2D eigenvalue weighted by molar-refractivity contribution is -0.126. The third-order valence-electron chi connectivity index (χ3n) is 7.28. The molecule has 1 saturated carbocycles. The van der Waals surface area contributed by atoms with Crippen LogP contribution >= 0.6 is 0 Å². The van der Waals surface area contributed by atoms with Gasteiger partial charge in [0.1, 0.15) is 0 Å². The summed E-state index contributed by atoms with van der Waals surface area (Å²) in [5.74, 6) is 0.151. The van der Waals surface area contributed by atoms with Crippen molar-refractivity contribution < 1.29 is 4.79 Å². The second kappa shape index (κ2) is 11.4. The van der Waals surface area contributed by atoms with E-state index in [2.05, 4.69) is 63.7 Å². The van der Waals surface area contributed by atoms with Gasteiger partial charge < -0.3 is 10.3 Å². The number of aromatic nitrogens is 2. The fraction of sp³-hybridized carbons (Fsp3) is 0.333. The van der Waals surface area contributed by atoms with Crippen LogP contribution in [0.3, 0.4) is 0 Å². The third kappa shape index (κ3) is 5.77. The molecule has 1 amide bonds. The predicted molar refractivity (Wildman–Crippen MR) is 144 cm³/mol. The van der Waals surface area contributed by atoms with Gasteiger partial charge in [-0.3, -0.25) is 14.3 Å². The lowest BCUT2D eigenvalue weighted by atomic mass is 9.85. The Morgan fingerprint density at radius 2 is 1.42 bits per heavy atom. The second-order valence-corrected chi connectivity index (χ2v) is 9.80. The number of carbonyl (C=O) groups is 1. The Morgan fingerprint density at radius 1 is 0.833 bits per heavy atom. The maximum Gasteiger partial charge on any atom is 0.326 e. The van der Waals surface area contributed by atoms with Gasteiger partial charge in [0, 0.05) is 38.1 Å². The number of nitrogens with zero attached hydrogens (tertiary/aromatic N) is 2. The van der Waals surface area contributed by atoms with Crippen molar-refractivity contribution in [2.45, 2.75) is 44.8 Å². The molecule has 0 bridgehead atoms. The molecule has 0 spiro atoms. The van der Waals surface area contributed by atoms with Crippen molar-refractivity contribution in [2.75, 3.05) is 13.1 Å². The van der Waals surface area contributed by atoms with E-state index in [0.29, 0.717) is 6.54 Å². The highest BCUT2D eigenvalue weighted by atomic mass is 16.2. The van der Waals surface area contributed by atoms with Crippen LogP contribution in [0.4, 0.5) is 0 Å². The smallest absolute Gasteiger partial charge is 0.326 e. The van der Waals surface area contributed by atoms with Crippen LogP contribution in [-0.4, -0.2) is 33.4 Å². The summed E-state index contributed by atoms with van der Waals surface area (Å²) in [6, 6.07) is 28.9. The predicted octanol–water partition coefficient (Wildman–Crippen LogP) is 4.88. The van der Waals surface area contributed by atoms with Crippen molar-refractivity contribution in [3.8, 4) is 0 Å². The summed E-state index contributed by atoms with van der Waals surface area (Å²) in [4.78, 5) is 30.8. The van der Waals surface area contributed by atoms with Crippen molar-refractivity contribution in [3.63, 3.8) is 0 Å². The molecule has 0 radical (unpaired) electrons. The van der Waals surface area contributed by atoms with Gasteiger partial charge >= 0.3 is 5.69 Å². The monoisotopic (exact) mass is 482 g/mol. The average molecular weight is 483 g/mol. The van der Waals surface area contributed by atoms with E-state index in [-0.39, 0.29) is 23.6 Å². The quantitative estimate of drug-likeness (QED) is 0.357. The lowest BCUT2D eigenvalue weighted by Gasteiger charge is -2.29. The van der Waals surface area contributed by atoms with Crippen molar-refractivity contribution in [1.82, 2.24) is 19.8 Å². The second-order valence-electron chi connectivity index (χ2n) is 9.80. The van der Waals surface area contributed by atoms with Crippen molar-refractivity contribution in [2.24, 2.45) is 5.92 Å². The first-order valence-electron chi connectivity index (χ1n) is 12.9. The summed E-state index contributed by atoms with van der Waals surface area (Å²) in [6.07, 6.45) is 3.29. The molecule has 1 aromatic heterocycles. The number of aromatic amines is 1. The maximum atomic E-state index is 13.0. The van der Waals surface area contributed by atoms with Crippen LogP contribution in [-0.2, 0) is 17.9 Å². The Balaban J connectivity index is 1.14. The molecule has 2 N–H and O–H groups in total. The van der Waals surface area contributed by atoms with E-state index in [4.69, 9.17) is 0 Å². The van der Waals surface area contributed by atoms with Crippen molar-refractivity contribution in [1.29, 1.82) is 0 Å². The molecule has 36 heavy (non-hydrogen) atoms. The first kappa shape index (κ1) is 24.1. The van der Waals surface area contributed by atoms with E-state index < -0.39 is 0 Å². The number of rotatable bonds is 9. The zero-order chi connectivity index (χ0) is 24.7. The Bertz CT molecular complexity index is 1280. The highest BCUT2D eigenvalue weighted by Gasteiger charge is 2.28. The first-order valence-corrected chi connectivity index (χ1v) is 12.9. The number of amides is 1. The summed E-state index contributed by atoms with van der Waals surface area (Å²) in [7, 11) is 0. The van der Waals surface area contributed by atoms with Gasteiger partial charge in [0.25, 0.3) is 0 Å². The van der Waals surface area contributed by atoms with E-state index in [9.17, 15) is 9.59 Å². The summed E-state index contributed by atoms with van der Waals surface area (Å²) >= 11 is 0. The SMILES string of the molecule is O=C(NCCN(Cc1ccccc1)Cc1ccccc1)C1CCC(n2c(=O)[nH]c3ccccc32)CC1.